The summed E-state index contributed by atoms with van der Waals surface area (Å²) in [5, 5.41) is 9.14. The summed E-state index contributed by atoms with van der Waals surface area (Å²) >= 11 is 0. The molecule has 3 saturated heterocycles. The number of rotatable bonds is 6. The lowest BCUT2D eigenvalue weighted by Gasteiger charge is -2.73. The van der Waals surface area contributed by atoms with Crippen molar-refractivity contribution in [1.29, 1.82) is 0 Å². The summed E-state index contributed by atoms with van der Waals surface area (Å²) in [6, 6.07) is 57.7. The van der Waals surface area contributed by atoms with Crippen LogP contribution >= 0.6 is 0 Å². The van der Waals surface area contributed by atoms with E-state index < -0.39 is 0 Å². The van der Waals surface area contributed by atoms with Gasteiger partial charge in [-0.3, -0.25) is 4.90 Å². The molecule has 12 rings (SSSR count). The third kappa shape index (κ3) is 6.35. The fourth-order valence-corrected chi connectivity index (χ4v) is 15.0. The molecule has 3 heterocycles. The molecular weight excluding hydrogens is 755 g/mol. The van der Waals surface area contributed by atoms with Crippen molar-refractivity contribution < 1.29 is 0 Å². The Bertz CT molecular complexity index is 2330. The number of para-hydroxylation sites is 1. The largest absolute Gasteiger partial charge is 0.362 e. The molecule has 0 bridgehead atoms. The molecule has 318 valence electrons. The average Bonchev–Trinajstić information content (AvgIpc) is 3.33. The SMILES string of the molecule is C=CC1C(c2ccccc2)C2C(C3NC4CC(c5ccccc5)CCC4N(c4ccc(-c5ccccc5)cc4C)C13)N1C3CCCCC3NC3CCCC(C31)N2c1ccccc1. The molecule has 4 saturated carbocycles. The van der Waals surface area contributed by atoms with E-state index in [2.05, 4.69) is 173 Å². The van der Waals surface area contributed by atoms with Crippen LogP contribution in [0.15, 0.2) is 152 Å². The Hall–Kier alpha value is -4.68. The van der Waals surface area contributed by atoms with E-state index in [9.17, 15) is 0 Å². The topological polar surface area (TPSA) is 33.8 Å². The molecule has 7 aliphatic rings. The lowest BCUT2D eigenvalue weighted by atomic mass is 9.58. The number of benzene rings is 5. The smallest absolute Gasteiger partial charge is 0.0540 e. The van der Waals surface area contributed by atoms with Gasteiger partial charge in [0.05, 0.1) is 12.1 Å². The number of hydrogen-bond donors (Lipinski definition) is 2. The molecule has 0 aromatic heterocycles. The zero-order valence-corrected chi connectivity index (χ0v) is 36.6. The van der Waals surface area contributed by atoms with Crippen LogP contribution in [0.1, 0.15) is 92.7 Å². The Kier molecular flexibility index (Phi) is 10.1. The molecule has 5 nitrogen and oxygen atoms in total. The van der Waals surface area contributed by atoms with Crippen LogP contribution in [0.3, 0.4) is 0 Å². The third-order valence-corrected chi connectivity index (χ3v) is 17.3. The first-order valence-corrected chi connectivity index (χ1v) is 24.5. The Morgan fingerprint density at radius 2 is 1.21 bits per heavy atom. The van der Waals surface area contributed by atoms with E-state index in [-0.39, 0.29) is 30.0 Å². The van der Waals surface area contributed by atoms with Crippen molar-refractivity contribution in [2.75, 3.05) is 9.80 Å². The maximum absolute atomic E-state index is 4.86. The summed E-state index contributed by atoms with van der Waals surface area (Å²) in [5.41, 5.74) is 9.78. The summed E-state index contributed by atoms with van der Waals surface area (Å²) in [6.07, 6.45) is 15.1. The van der Waals surface area contributed by atoms with Crippen LogP contribution in [0.5, 0.6) is 0 Å². The normalized spacial score (nSPS) is 36.3. The number of anilines is 2. The average molecular weight is 820 g/mol. The minimum absolute atomic E-state index is 0.226. The molecule has 7 fully saturated rings. The van der Waals surface area contributed by atoms with E-state index in [1.54, 1.807) is 0 Å². The van der Waals surface area contributed by atoms with Crippen molar-refractivity contribution in [3.63, 3.8) is 0 Å². The van der Waals surface area contributed by atoms with Crippen LogP contribution < -0.4 is 20.4 Å². The quantitative estimate of drug-likeness (QED) is 0.167. The van der Waals surface area contributed by atoms with Crippen LogP contribution in [0, 0.1) is 12.8 Å². The third-order valence-electron chi connectivity index (χ3n) is 17.3. The molecule has 14 atom stereocenters. The van der Waals surface area contributed by atoms with E-state index in [4.69, 9.17) is 11.9 Å². The van der Waals surface area contributed by atoms with Crippen LogP contribution in [0.25, 0.3) is 11.1 Å². The summed E-state index contributed by atoms with van der Waals surface area (Å²) in [5.74, 6) is 1.05. The van der Waals surface area contributed by atoms with Gasteiger partial charge in [0.1, 0.15) is 0 Å². The van der Waals surface area contributed by atoms with Crippen molar-refractivity contribution in [1.82, 2.24) is 15.5 Å². The molecule has 14 unspecified atom stereocenters. The van der Waals surface area contributed by atoms with Crippen molar-refractivity contribution >= 4 is 11.4 Å². The monoisotopic (exact) mass is 820 g/mol. The van der Waals surface area contributed by atoms with Gasteiger partial charge in [-0.25, -0.2) is 0 Å². The highest BCUT2D eigenvalue weighted by atomic mass is 15.4. The molecule has 5 heteroatoms. The van der Waals surface area contributed by atoms with Crippen molar-refractivity contribution in [3.05, 3.63) is 169 Å². The lowest BCUT2D eigenvalue weighted by molar-refractivity contribution is -0.109. The van der Waals surface area contributed by atoms with Gasteiger partial charge in [0.25, 0.3) is 0 Å². The number of nitrogens with one attached hydrogen (secondary N) is 2. The van der Waals surface area contributed by atoms with Crippen LogP contribution in [-0.4, -0.2) is 71.4 Å². The van der Waals surface area contributed by atoms with Gasteiger partial charge in [-0.15, -0.1) is 6.58 Å². The Labute approximate surface area is 370 Å². The minimum atomic E-state index is 0.226. The van der Waals surface area contributed by atoms with Gasteiger partial charge in [0.15, 0.2) is 0 Å². The molecule has 2 N–H and O–H groups in total. The number of aryl methyl sites for hydroxylation is 1. The molecule has 4 aliphatic carbocycles. The van der Waals surface area contributed by atoms with E-state index in [1.807, 2.05) is 0 Å². The van der Waals surface area contributed by atoms with Gasteiger partial charge in [0.2, 0.25) is 0 Å². The number of nitrogens with zero attached hydrogens (tertiary/aromatic N) is 3. The molecule has 0 radical (unpaired) electrons. The molecule has 5 aromatic rings. The van der Waals surface area contributed by atoms with Gasteiger partial charge in [-0.2, -0.15) is 0 Å². The predicted molar refractivity (Wildman–Crippen MR) is 256 cm³/mol. The van der Waals surface area contributed by atoms with E-state index in [0.717, 1.165) is 0 Å². The van der Waals surface area contributed by atoms with Gasteiger partial charge < -0.3 is 20.4 Å². The van der Waals surface area contributed by atoms with Gasteiger partial charge in [-0.1, -0.05) is 134 Å². The fraction of sp³-hybridized carbons (Fsp3) is 0.439. The number of fused-ring (bicyclic) bond motifs is 7. The van der Waals surface area contributed by atoms with E-state index >= 15 is 0 Å². The maximum atomic E-state index is 4.86. The van der Waals surface area contributed by atoms with Gasteiger partial charge in [-0.05, 0) is 116 Å². The first-order chi connectivity index (χ1) is 30.7. The lowest BCUT2D eigenvalue weighted by Crippen LogP contribution is -2.88. The number of hydrogen-bond acceptors (Lipinski definition) is 5. The second kappa shape index (κ2) is 16.1. The molecule has 5 aromatic carbocycles. The molecule has 3 aliphatic heterocycles. The van der Waals surface area contributed by atoms with E-state index in [1.165, 1.54) is 103 Å². The molecule has 62 heavy (non-hydrogen) atoms. The second-order valence-corrected chi connectivity index (χ2v) is 20.2. The minimum Gasteiger partial charge on any atom is -0.362 e. The number of piperazine rings is 3. The molecule has 0 spiro atoms. The van der Waals surface area contributed by atoms with Crippen molar-refractivity contribution in [2.24, 2.45) is 5.92 Å². The van der Waals surface area contributed by atoms with Crippen molar-refractivity contribution in [3.8, 4) is 11.1 Å². The Morgan fingerprint density at radius 3 is 1.95 bits per heavy atom. The molecule has 0 amide bonds. The summed E-state index contributed by atoms with van der Waals surface area (Å²) in [4.78, 5) is 9.33. The van der Waals surface area contributed by atoms with Crippen molar-refractivity contribution in [2.45, 2.75) is 149 Å². The van der Waals surface area contributed by atoms with Gasteiger partial charge in [0, 0.05) is 77.6 Å². The Balaban J connectivity index is 1.08. The highest BCUT2D eigenvalue weighted by Gasteiger charge is 2.66. The summed E-state index contributed by atoms with van der Waals surface area (Å²) in [6.45, 7) is 7.25. The highest BCUT2D eigenvalue weighted by molar-refractivity contribution is 5.70. The summed E-state index contributed by atoms with van der Waals surface area (Å²) < 4.78 is 0. The zero-order chi connectivity index (χ0) is 41.3. The van der Waals surface area contributed by atoms with E-state index in [0.29, 0.717) is 54.3 Å². The van der Waals surface area contributed by atoms with Crippen LogP contribution in [-0.2, 0) is 0 Å². The zero-order valence-electron chi connectivity index (χ0n) is 36.6. The van der Waals surface area contributed by atoms with Crippen LogP contribution in [0.4, 0.5) is 11.4 Å². The Morgan fingerprint density at radius 1 is 0.532 bits per heavy atom. The summed E-state index contributed by atoms with van der Waals surface area (Å²) in [7, 11) is 0. The maximum Gasteiger partial charge on any atom is 0.0540 e. The predicted octanol–water partition coefficient (Wildman–Crippen LogP) is 10.9. The highest BCUT2D eigenvalue weighted by Crippen LogP contribution is 2.56. The van der Waals surface area contributed by atoms with Crippen LogP contribution in [0.2, 0.25) is 0 Å². The van der Waals surface area contributed by atoms with Gasteiger partial charge >= 0.3 is 0 Å². The molecular formula is C57H65N5. The second-order valence-electron chi connectivity index (χ2n) is 20.2. The fourth-order valence-electron chi connectivity index (χ4n) is 15.0. The first kappa shape index (κ1) is 39.0. The standard InChI is InChI=1S/C57H65N5/c1-3-44-52(40-23-12-6-13-24-40)56-57(62-49-29-17-16-27-45(49)58-46-28-18-30-51(55(46)62)60(56)43-25-14-7-15-26-43)53-54(44)61(48-33-31-41(35-37(48)2)38-19-8-4-9-20-38)50-34-32-42(36-47(50)59-53)39-21-10-5-11-22-39/h3-15,19-26,31,33,35,42,44-47,49-59H,1,16-18,27-30,32,34,36H2,2H3. The first-order valence-electron chi connectivity index (χ1n) is 24.5.